The number of unbranched alkanes of at least 4 members (excludes halogenated alkanes) is 27. The van der Waals surface area contributed by atoms with Crippen LogP contribution in [0.5, 0.6) is 0 Å². The van der Waals surface area contributed by atoms with E-state index in [-0.39, 0.29) is 31.5 Å². The number of nitrogens with zero attached hydrogens (tertiary/aromatic N) is 1. The highest BCUT2D eigenvalue weighted by Crippen LogP contribution is 2.43. The molecule has 0 saturated carbocycles. The Hall–Kier alpha value is -3.85. The predicted molar refractivity (Wildman–Crippen MR) is 378 cm³/mol. The number of quaternary nitrogens is 1. The molecule has 0 aliphatic carbocycles. The van der Waals surface area contributed by atoms with E-state index in [9.17, 15) is 19.0 Å². The van der Waals surface area contributed by atoms with Crippen molar-refractivity contribution in [2.24, 2.45) is 0 Å². The third-order valence-electron chi connectivity index (χ3n) is 15.1. The highest BCUT2D eigenvalue weighted by Gasteiger charge is 2.30. The van der Waals surface area contributed by atoms with Gasteiger partial charge in [-0.15, -0.1) is 0 Å². The molecule has 0 fully saturated rings. The van der Waals surface area contributed by atoms with Crippen molar-refractivity contribution in [3.05, 3.63) is 134 Å². The van der Waals surface area contributed by atoms with Crippen LogP contribution in [0.4, 0.5) is 0 Å². The number of rotatable bonds is 63. The van der Waals surface area contributed by atoms with E-state index in [1.165, 1.54) is 109 Å². The predicted octanol–water partition coefficient (Wildman–Crippen LogP) is 22.8. The molecule has 0 bridgehead atoms. The summed E-state index contributed by atoms with van der Waals surface area (Å²) in [7, 11) is 1.47. The van der Waals surface area contributed by atoms with Crippen LogP contribution in [0.2, 0.25) is 0 Å². The fraction of sp³-hybridized carbons (Fsp3) is 0.688. The van der Waals surface area contributed by atoms with Gasteiger partial charge in [0.15, 0.2) is 0 Å². The molecule has 0 aliphatic rings. The molecule has 2 N–H and O–H groups in total. The summed E-state index contributed by atoms with van der Waals surface area (Å²) < 4.78 is 30.8. The van der Waals surface area contributed by atoms with Crippen LogP contribution in [-0.2, 0) is 27.9 Å². The molecule has 0 aromatic carbocycles. The van der Waals surface area contributed by atoms with Gasteiger partial charge in [0, 0.05) is 12.8 Å². The Balaban J connectivity index is 5.07. The average molecular weight is 1230 g/mol. The van der Waals surface area contributed by atoms with Gasteiger partial charge in [0.1, 0.15) is 19.3 Å². The lowest BCUT2D eigenvalue weighted by molar-refractivity contribution is -0.870. The minimum absolute atomic E-state index is 0.0313. The number of phosphoric acid groups is 1. The number of allylic oxidation sites excluding steroid dienone is 21. The zero-order chi connectivity index (χ0) is 63.5. The fourth-order valence-electron chi connectivity index (χ4n) is 9.70. The van der Waals surface area contributed by atoms with Crippen molar-refractivity contribution in [1.82, 2.24) is 5.32 Å². The van der Waals surface area contributed by atoms with Crippen LogP contribution in [0.3, 0.4) is 0 Å². The van der Waals surface area contributed by atoms with Gasteiger partial charge in [-0.25, -0.2) is 4.57 Å². The lowest BCUT2D eigenvalue weighted by atomic mass is 10.0. The molecule has 0 spiro atoms. The molecule has 1 amide bonds. The number of nitrogens with one attached hydrogen (secondary N) is 1. The molecule has 498 valence electrons. The highest BCUT2D eigenvalue weighted by molar-refractivity contribution is 7.47. The van der Waals surface area contributed by atoms with E-state index >= 15 is 0 Å². The van der Waals surface area contributed by atoms with Crippen LogP contribution >= 0.6 is 7.82 Å². The van der Waals surface area contributed by atoms with E-state index in [4.69, 9.17) is 13.8 Å². The van der Waals surface area contributed by atoms with Crippen LogP contribution in [0.1, 0.15) is 290 Å². The molecule has 0 saturated heterocycles. The molecule has 10 heteroatoms. The van der Waals surface area contributed by atoms with Gasteiger partial charge in [-0.2, -0.15) is 0 Å². The topological polar surface area (TPSA) is 111 Å². The second-order valence-electron chi connectivity index (χ2n) is 24.6. The molecule has 0 radical (unpaired) electrons. The van der Waals surface area contributed by atoms with E-state index in [1.807, 2.05) is 33.3 Å². The largest absolute Gasteiger partial charge is 0.472 e. The quantitative estimate of drug-likeness (QED) is 0.0205. The smallest absolute Gasteiger partial charge is 0.456 e. The summed E-state index contributed by atoms with van der Waals surface area (Å²) in [4.78, 5) is 37.9. The summed E-state index contributed by atoms with van der Waals surface area (Å²) in [6.45, 7) is 6.78. The lowest BCUT2D eigenvalue weighted by Gasteiger charge is -2.27. The Morgan fingerprint density at radius 1 is 0.414 bits per heavy atom. The van der Waals surface area contributed by atoms with Crippen molar-refractivity contribution in [1.29, 1.82) is 0 Å². The van der Waals surface area contributed by atoms with Gasteiger partial charge in [0.05, 0.1) is 33.8 Å². The number of carbonyl (C=O) groups is 2. The monoisotopic (exact) mass is 1230 g/mol. The first-order chi connectivity index (χ1) is 42.4. The Labute approximate surface area is 536 Å². The molecular formula is C77H134N2O7P+. The normalized spacial score (nSPS) is 14.3. The first-order valence-corrected chi connectivity index (χ1v) is 37.0. The molecule has 9 nitrogen and oxygen atoms in total. The molecule has 87 heavy (non-hydrogen) atoms. The van der Waals surface area contributed by atoms with Gasteiger partial charge < -0.3 is 19.4 Å². The Morgan fingerprint density at radius 3 is 1.10 bits per heavy atom. The summed E-state index contributed by atoms with van der Waals surface area (Å²) in [5.41, 5.74) is 0. The third-order valence-corrected chi connectivity index (χ3v) is 16.1. The number of likely N-dealkylation sites (N-methyl/N-ethyl adjacent to an activating group) is 1. The van der Waals surface area contributed by atoms with Gasteiger partial charge in [-0.1, -0.05) is 290 Å². The maximum atomic E-state index is 13.6. The van der Waals surface area contributed by atoms with Gasteiger partial charge in [0.25, 0.3) is 0 Å². The summed E-state index contributed by atoms with van der Waals surface area (Å²) in [6.07, 6.45) is 93.2. The summed E-state index contributed by atoms with van der Waals surface area (Å²) in [5, 5.41) is 3.06. The van der Waals surface area contributed by atoms with Crippen molar-refractivity contribution in [3.63, 3.8) is 0 Å². The van der Waals surface area contributed by atoms with Gasteiger partial charge in [0.2, 0.25) is 5.91 Å². The number of phosphoric ester groups is 1. The van der Waals surface area contributed by atoms with E-state index in [1.54, 1.807) is 0 Å². The van der Waals surface area contributed by atoms with E-state index < -0.39 is 20.0 Å². The number of amides is 1. The summed E-state index contributed by atoms with van der Waals surface area (Å²) in [5.74, 6) is -0.523. The van der Waals surface area contributed by atoms with E-state index in [2.05, 4.69) is 148 Å². The maximum absolute atomic E-state index is 13.6. The van der Waals surface area contributed by atoms with Gasteiger partial charge >= 0.3 is 13.8 Å². The molecular weight excluding hydrogens is 1100 g/mol. The Bertz CT molecular complexity index is 1950. The Kier molecular flexibility index (Phi) is 62.2. The second kappa shape index (κ2) is 65.1. The molecule has 0 aromatic heterocycles. The van der Waals surface area contributed by atoms with E-state index in [0.29, 0.717) is 17.4 Å². The fourth-order valence-corrected chi connectivity index (χ4v) is 10.4. The van der Waals surface area contributed by atoms with Crippen molar-refractivity contribution in [2.45, 2.75) is 303 Å². The number of hydrogen-bond donors (Lipinski definition) is 2. The highest BCUT2D eigenvalue weighted by atomic mass is 31.2. The third kappa shape index (κ3) is 66.4. The van der Waals surface area contributed by atoms with Crippen molar-refractivity contribution < 1.29 is 37.3 Å². The average Bonchev–Trinajstić information content (AvgIpc) is 3.70. The molecule has 0 rings (SSSR count). The first kappa shape index (κ1) is 83.2. The number of ether oxygens (including phenoxy) is 1. The van der Waals surface area contributed by atoms with Crippen LogP contribution in [-0.4, -0.2) is 74.3 Å². The van der Waals surface area contributed by atoms with E-state index in [0.717, 1.165) is 148 Å². The lowest BCUT2D eigenvalue weighted by Crippen LogP contribution is -2.47. The summed E-state index contributed by atoms with van der Waals surface area (Å²) >= 11 is 0. The first-order valence-electron chi connectivity index (χ1n) is 35.5. The zero-order valence-corrected chi connectivity index (χ0v) is 57.9. The van der Waals surface area contributed by atoms with Crippen LogP contribution in [0.15, 0.2) is 134 Å². The minimum Gasteiger partial charge on any atom is -0.456 e. The van der Waals surface area contributed by atoms with Crippen LogP contribution < -0.4 is 5.32 Å². The van der Waals surface area contributed by atoms with Crippen molar-refractivity contribution in [2.75, 3.05) is 40.9 Å². The minimum atomic E-state index is -4.47. The molecule has 3 unspecified atom stereocenters. The number of carbonyl (C=O) groups excluding carboxylic acids is 2. The van der Waals surface area contributed by atoms with Crippen LogP contribution in [0.25, 0.3) is 0 Å². The molecule has 0 heterocycles. The van der Waals surface area contributed by atoms with Gasteiger partial charge in [-0.05, 0) is 122 Å². The molecule has 0 aromatic rings. The Morgan fingerprint density at radius 2 is 0.736 bits per heavy atom. The van der Waals surface area contributed by atoms with Crippen LogP contribution in [0, 0.1) is 0 Å². The maximum Gasteiger partial charge on any atom is 0.472 e. The molecule has 0 aliphatic heterocycles. The van der Waals surface area contributed by atoms with Gasteiger partial charge in [-0.3, -0.25) is 18.6 Å². The summed E-state index contributed by atoms with van der Waals surface area (Å²) in [6, 6.07) is -0.864. The standard InChI is InChI=1S/C77H133N2O7P/c1-7-10-13-16-19-22-25-27-29-31-33-35-37-39-41-43-45-47-49-51-54-57-60-63-66-69-76(80)78-74(73-85-87(82,83)84-72-71-79(4,5)6)75(68-65-62-59-56-53-24-21-18-15-12-9-3)86-77(81)70-67-64-61-58-55-52-50-48-46-44-42-40-38-36-34-32-30-28-26-23-20-17-14-11-8-2/h10-11,13-14,19-20,22-23,27-30,33-36,39-42,65,68,74-75H,7-9,12,15-18,21,24-26,31-32,37-38,43-64,66-67,69-73H2,1-6H3,(H-,78,80,82,83)/p+1/b13-10-,14-11-,22-19-,23-20-,29-27-,30-28-,35-33-,36-34-,41-39-,42-40-,68-65+. The number of esters is 1. The second-order valence-corrected chi connectivity index (χ2v) is 26.1. The van der Waals surface area contributed by atoms with Crippen molar-refractivity contribution in [3.8, 4) is 0 Å². The zero-order valence-electron chi connectivity index (χ0n) is 57.0. The SMILES string of the molecule is CC/C=C\C/C=C\C/C=C\C/C=C\C/C=C\CCCCCCCCCCCC(=O)NC(COP(=O)(O)OCC[N+](C)(C)C)C(/C=C/CCCCCCCCCCC)OC(=O)CCCCCCCCCCC/C=C\C/C=C\C/C=C\C/C=C\C/C=C\CC. The van der Waals surface area contributed by atoms with Crippen molar-refractivity contribution >= 4 is 19.7 Å². The molecule has 3 atom stereocenters. The number of hydrogen-bond acceptors (Lipinski definition) is 6.